The van der Waals surface area contributed by atoms with E-state index in [1.807, 2.05) is 68.7 Å². The number of hydrogen-bond acceptors (Lipinski definition) is 5. The van der Waals surface area contributed by atoms with Gasteiger partial charge >= 0.3 is 0 Å². The molecule has 6 nitrogen and oxygen atoms in total. The van der Waals surface area contributed by atoms with Crippen molar-refractivity contribution in [3.63, 3.8) is 0 Å². The predicted molar refractivity (Wildman–Crippen MR) is 126 cm³/mol. The third-order valence-corrected chi connectivity index (χ3v) is 5.53. The second-order valence-corrected chi connectivity index (χ2v) is 8.47. The van der Waals surface area contributed by atoms with Gasteiger partial charge in [0.15, 0.2) is 17.1 Å². The molecule has 0 aliphatic heterocycles. The topological polar surface area (TPSA) is 69.0 Å². The lowest BCUT2D eigenvalue weighted by atomic mass is 10.1. The highest BCUT2D eigenvalue weighted by atomic mass is 32.2. The highest BCUT2D eigenvalue weighted by molar-refractivity contribution is 7.99. The monoisotopic (exact) mass is 436 g/mol. The minimum absolute atomic E-state index is 0.0891. The fourth-order valence-electron chi connectivity index (χ4n) is 3.33. The maximum atomic E-state index is 12.5. The molecule has 1 atom stereocenters. The molecule has 0 fully saturated rings. The molecule has 0 spiro atoms. The summed E-state index contributed by atoms with van der Waals surface area (Å²) in [6.07, 6.45) is 1.49. The van der Waals surface area contributed by atoms with Crippen molar-refractivity contribution in [1.29, 1.82) is 0 Å². The van der Waals surface area contributed by atoms with Crippen molar-refractivity contribution in [3.8, 4) is 5.75 Å². The van der Waals surface area contributed by atoms with Crippen LogP contribution in [0.3, 0.4) is 0 Å². The Morgan fingerprint density at radius 1 is 1.16 bits per heavy atom. The summed E-state index contributed by atoms with van der Waals surface area (Å²) in [6, 6.07) is 13.9. The lowest BCUT2D eigenvalue weighted by Crippen LogP contribution is -2.15. The molecule has 1 unspecified atom stereocenters. The Morgan fingerprint density at radius 3 is 2.58 bits per heavy atom. The van der Waals surface area contributed by atoms with Gasteiger partial charge in [-0.05, 0) is 68.7 Å². The van der Waals surface area contributed by atoms with Crippen LogP contribution in [-0.4, -0.2) is 26.4 Å². The number of carbonyl (C=O) groups excluding carboxylic acids is 1. The van der Waals surface area contributed by atoms with E-state index in [-0.39, 0.29) is 17.8 Å². The minimum atomic E-state index is -0.298. The Balaban J connectivity index is 1.68. The summed E-state index contributed by atoms with van der Waals surface area (Å²) in [5.74, 6) is 1.62. The van der Waals surface area contributed by atoms with E-state index >= 15 is 0 Å². The number of allylic oxidation sites excluding steroid dienone is 1. The number of nitrogens with one attached hydrogen (secondary N) is 1. The maximum absolute atomic E-state index is 12.5. The Hall–Kier alpha value is -3.06. The quantitative estimate of drug-likeness (QED) is 0.366. The van der Waals surface area contributed by atoms with Gasteiger partial charge in [-0.15, -0.1) is 16.8 Å². The average Bonchev–Trinajstić information content (AvgIpc) is 3.08. The summed E-state index contributed by atoms with van der Waals surface area (Å²) in [5.41, 5.74) is 4.15. The standard InChI is InChI=1S/C24H28N4O2S/c1-6-10-28-23(19(5)30-21-9-7-8-16(2)14-21)26-27-24(28)31-15-22(29)25-20-12-17(3)11-18(4)13-20/h6-9,11-14,19H,1,10,15H2,2-5H3,(H,25,29). The van der Waals surface area contributed by atoms with Gasteiger partial charge in [0, 0.05) is 12.2 Å². The number of rotatable bonds is 9. The molecule has 0 radical (unpaired) electrons. The van der Waals surface area contributed by atoms with Gasteiger partial charge in [-0.25, -0.2) is 0 Å². The van der Waals surface area contributed by atoms with Crippen LogP contribution in [0.2, 0.25) is 0 Å². The molecule has 3 rings (SSSR count). The molecule has 0 saturated carbocycles. The average molecular weight is 437 g/mol. The van der Waals surface area contributed by atoms with Crippen LogP contribution in [0.1, 0.15) is 35.5 Å². The van der Waals surface area contributed by atoms with Crippen LogP contribution in [0.4, 0.5) is 5.69 Å². The van der Waals surface area contributed by atoms with E-state index in [0.717, 1.165) is 28.1 Å². The van der Waals surface area contributed by atoms with E-state index in [9.17, 15) is 4.79 Å². The van der Waals surface area contributed by atoms with Crippen LogP contribution in [0.5, 0.6) is 5.75 Å². The molecule has 0 bridgehead atoms. The molecule has 2 aromatic carbocycles. The van der Waals surface area contributed by atoms with Crippen LogP contribution in [0.25, 0.3) is 0 Å². The van der Waals surface area contributed by atoms with E-state index in [2.05, 4.69) is 28.2 Å². The molecule has 1 amide bonds. The second kappa shape index (κ2) is 10.3. The molecule has 3 aromatic rings. The lowest BCUT2D eigenvalue weighted by Gasteiger charge is -2.16. The number of amides is 1. The molecule has 162 valence electrons. The van der Waals surface area contributed by atoms with Gasteiger partial charge in [0.2, 0.25) is 5.91 Å². The molecule has 0 aliphatic rings. The van der Waals surface area contributed by atoms with Crippen molar-refractivity contribution in [1.82, 2.24) is 14.8 Å². The number of hydrogen-bond donors (Lipinski definition) is 1. The third-order valence-electron chi connectivity index (χ3n) is 4.56. The Kier molecular flexibility index (Phi) is 7.52. The molecule has 1 aromatic heterocycles. The first-order valence-electron chi connectivity index (χ1n) is 10.1. The fourth-order valence-corrected chi connectivity index (χ4v) is 4.08. The SMILES string of the molecule is C=CCn1c(SCC(=O)Nc2cc(C)cc(C)c2)nnc1C(C)Oc1cccc(C)c1. The molecule has 0 saturated heterocycles. The molecule has 0 aliphatic carbocycles. The summed E-state index contributed by atoms with van der Waals surface area (Å²) in [5, 5.41) is 12.2. The van der Waals surface area contributed by atoms with Crippen LogP contribution in [0, 0.1) is 20.8 Å². The third kappa shape index (κ3) is 6.21. The fraction of sp³-hybridized carbons (Fsp3) is 0.292. The first-order valence-corrected chi connectivity index (χ1v) is 11.1. The Morgan fingerprint density at radius 2 is 1.90 bits per heavy atom. The molecular weight excluding hydrogens is 408 g/mol. The highest BCUT2D eigenvalue weighted by Crippen LogP contribution is 2.25. The lowest BCUT2D eigenvalue weighted by molar-refractivity contribution is -0.113. The molecule has 1 heterocycles. The van der Waals surface area contributed by atoms with E-state index in [1.54, 1.807) is 6.08 Å². The number of carbonyl (C=O) groups is 1. The Bertz CT molecular complexity index is 1060. The summed E-state index contributed by atoms with van der Waals surface area (Å²) in [6.45, 7) is 12.3. The van der Waals surface area contributed by atoms with E-state index < -0.39 is 0 Å². The van der Waals surface area contributed by atoms with Gasteiger partial charge < -0.3 is 10.1 Å². The first-order chi connectivity index (χ1) is 14.9. The van der Waals surface area contributed by atoms with Crippen molar-refractivity contribution in [2.75, 3.05) is 11.1 Å². The van der Waals surface area contributed by atoms with Gasteiger partial charge in [-0.3, -0.25) is 9.36 Å². The summed E-state index contributed by atoms with van der Waals surface area (Å²) < 4.78 is 8.00. The van der Waals surface area contributed by atoms with Gasteiger partial charge in [0.1, 0.15) is 5.75 Å². The number of nitrogens with zero attached hydrogens (tertiary/aromatic N) is 3. The number of thioether (sulfide) groups is 1. The van der Waals surface area contributed by atoms with Crippen molar-refractivity contribution in [2.45, 2.75) is 45.5 Å². The molecule has 31 heavy (non-hydrogen) atoms. The zero-order valence-electron chi connectivity index (χ0n) is 18.4. The summed E-state index contributed by atoms with van der Waals surface area (Å²) in [7, 11) is 0. The van der Waals surface area contributed by atoms with E-state index in [1.165, 1.54) is 11.8 Å². The number of aromatic nitrogens is 3. The van der Waals surface area contributed by atoms with Crippen molar-refractivity contribution in [3.05, 3.63) is 77.6 Å². The highest BCUT2D eigenvalue weighted by Gasteiger charge is 2.20. The molecule has 1 N–H and O–H groups in total. The smallest absolute Gasteiger partial charge is 0.234 e. The van der Waals surface area contributed by atoms with Crippen molar-refractivity contribution < 1.29 is 9.53 Å². The van der Waals surface area contributed by atoms with Gasteiger partial charge in [0.05, 0.1) is 5.75 Å². The minimum Gasteiger partial charge on any atom is -0.483 e. The predicted octanol–water partition coefficient (Wildman–Crippen LogP) is 5.26. The van der Waals surface area contributed by atoms with Crippen LogP contribution >= 0.6 is 11.8 Å². The van der Waals surface area contributed by atoms with Crippen molar-refractivity contribution in [2.24, 2.45) is 0 Å². The van der Waals surface area contributed by atoms with Crippen molar-refractivity contribution >= 4 is 23.4 Å². The van der Waals surface area contributed by atoms with E-state index in [4.69, 9.17) is 4.74 Å². The second-order valence-electron chi connectivity index (χ2n) is 7.53. The van der Waals surface area contributed by atoms with Crippen LogP contribution in [0.15, 0.2) is 60.3 Å². The number of benzene rings is 2. The van der Waals surface area contributed by atoms with Crippen LogP contribution in [-0.2, 0) is 11.3 Å². The Labute approximate surface area is 187 Å². The zero-order valence-corrected chi connectivity index (χ0v) is 19.2. The first kappa shape index (κ1) is 22.6. The number of anilines is 1. The van der Waals surface area contributed by atoms with E-state index in [0.29, 0.717) is 17.5 Å². The maximum Gasteiger partial charge on any atom is 0.234 e. The summed E-state index contributed by atoms with van der Waals surface area (Å²) >= 11 is 1.34. The van der Waals surface area contributed by atoms with Gasteiger partial charge in [0.25, 0.3) is 0 Å². The van der Waals surface area contributed by atoms with Gasteiger partial charge in [-0.1, -0.05) is 36.0 Å². The normalized spacial score (nSPS) is 11.7. The zero-order chi connectivity index (χ0) is 22.4. The molecular formula is C24H28N4O2S. The number of aryl methyl sites for hydroxylation is 3. The summed E-state index contributed by atoms with van der Waals surface area (Å²) in [4.78, 5) is 12.5. The van der Waals surface area contributed by atoms with Gasteiger partial charge in [-0.2, -0.15) is 0 Å². The van der Waals surface area contributed by atoms with Crippen LogP contribution < -0.4 is 10.1 Å². The largest absolute Gasteiger partial charge is 0.483 e. The number of ether oxygens (including phenoxy) is 1. The molecule has 7 heteroatoms.